The normalized spacial score (nSPS) is 15.6. The summed E-state index contributed by atoms with van der Waals surface area (Å²) in [4.78, 5) is 29.2. The minimum Gasteiger partial charge on any atom is -0.467 e. The summed E-state index contributed by atoms with van der Waals surface area (Å²) in [6.07, 6.45) is 3.79. The van der Waals surface area contributed by atoms with E-state index in [1.807, 2.05) is 77.6 Å². The standard InChI is InChI=1S/C27H26N4O3/c1-29(27(33)21-15-25(32)30(17-21)19-24-13-8-14-34-24)16-22-18-31(23-11-6-3-7-12-23)28-26(22)20-9-4-2-5-10-20/h2-14,18,21H,15-17,19H2,1H3. The second-order valence-corrected chi connectivity index (χ2v) is 8.60. The molecule has 2 amide bonds. The zero-order valence-electron chi connectivity index (χ0n) is 19.0. The van der Waals surface area contributed by atoms with Crippen molar-refractivity contribution in [1.82, 2.24) is 19.6 Å². The largest absolute Gasteiger partial charge is 0.467 e. The Hall–Kier alpha value is -4.13. The molecule has 1 aliphatic rings. The van der Waals surface area contributed by atoms with Crippen molar-refractivity contribution in [2.24, 2.45) is 5.92 Å². The van der Waals surface area contributed by atoms with E-state index < -0.39 is 0 Å². The van der Waals surface area contributed by atoms with E-state index in [9.17, 15) is 9.59 Å². The average Bonchev–Trinajstić information content (AvgIpc) is 3.61. The van der Waals surface area contributed by atoms with Gasteiger partial charge >= 0.3 is 0 Å². The van der Waals surface area contributed by atoms with Crippen molar-refractivity contribution >= 4 is 11.8 Å². The van der Waals surface area contributed by atoms with Crippen LogP contribution in [-0.2, 0) is 22.7 Å². The molecule has 34 heavy (non-hydrogen) atoms. The molecule has 1 atom stereocenters. The van der Waals surface area contributed by atoms with Gasteiger partial charge in [0.2, 0.25) is 11.8 Å². The molecule has 0 aliphatic carbocycles. The summed E-state index contributed by atoms with van der Waals surface area (Å²) in [5, 5.41) is 4.83. The molecule has 1 fully saturated rings. The molecule has 4 aromatic rings. The number of likely N-dealkylation sites (tertiary alicyclic amines) is 1. The van der Waals surface area contributed by atoms with Crippen LogP contribution < -0.4 is 0 Å². The highest BCUT2D eigenvalue weighted by atomic mass is 16.3. The molecule has 0 saturated carbocycles. The summed E-state index contributed by atoms with van der Waals surface area (Å²) in [5.41, 5.74) is 3.73. The highest BCUT2D eigenvalue weighted by molar-refractivity contribution is 5.89. The fraction of sp³-hybridized carbons (Fsp3) is 0.222. The van der Waals surface area contributed by atoms with Gasteiger partial charge in [-0.15, -0.1) is 0 Å². The van der Waals surface area contributed by atoms with Crippen LogP contribution in [0, 0.1) is 5.92 Å². The number of aromatic nitrogens is 2. The van der Waals surface area contributed by atoms with Crippen LogP contribution in [0.1, 0.15) is 17.7 Å². The quantitative estimate of drug-likeness (QED) is 0.421. The van der Waals surface area contributed by atoms with Crippen LogP contribution in [0.15, 0.2) is 89.7 Å². The van der Waals surface area contributed by atoms with Crippen molar-refractivity contribution in [2.45, 2.75) is 19.5 Å². The predicted octanol–water partition coefficient (Wildman–Crippen LogP) is 4.14. The lowest BCUT2D eigenvalue weighted by atomic mass is 10.1. The summed E-state index contributed by atoms with van der Waals surface area (Å²) < 4.78 is 7.21. The first-order chi connectivity index (χ1) is 16.6. The maximum Gasteiger partial charge on any atom is 0.228 e. The number of hydrogen-bond donors (Lipinski definition) is 0. The molecular weight excluding hydrogens is 428 g/mol. The molecule has 0 N–H and O–H groups in total. The molecule has 7 nitrogen and oxygen atoms in total. The molecule has 0 radical (unpaired) electrons. The van der Waals surface area contributed by atoms with E-state index in [-0.39, 0.29) is 24.2 Å². The average molecular weight is 455 g/mol. The van der Waals surface area contributed by atoms with E-state index in [0.29, 0.717) is 19.6 Å². The lowest BCUT2D eigenvalue weighted by molar-refractivity contribution is -0.135. The lowest BCUT2D eigenvalue weighted by Gasteiger charge is -2.21. The molecule has 2 aromatic heterocycles. The van der Waals surface area contributed by atoms with Gasteiger partial charge in [0.1, 0.15) is 5.76 Å². The number of hydrogen-bond acceptors (Lipinski definition) is 4. The van der Waals surface area contributed by atoms with E-state index in [4.69, 9.17) is 9.52 Å². The number of furan rings is 1. The van der Waals surface area contributed by atoms with Gasteiger partial charge in [-0.25, -0.2) is 4.68 Å². The van der Waals surface area contributed by atoms with Crippen LogP contribution in [0.4, 0.5) is 0 Å². The number of carbonyl (C=O) groups is 2. The smallest absolute Gasteiger partial charge is 0.228 e. The van der Waals surface area contributed by atoms with Gasteiger partial charge in [0.05, 0.1) is 30.1 Å². The van der Waals surface area contributed by atoms with Crippen LogP contribution >= 0.6 is 0 Å². The Balaban J connectivity index is 1.34. The van der Waals surface area contributed by atoms with Gasteiger partial charge in [-0.2, -0.15) is 5.10 Å². The number of amides is 2. The third kappa shape index (κ3) is 4.50. The molecule has 2 aromatic carbocycles. The van der Waals surface area contributed by atoms with Crippen molar-refractivity contribution in [3.05, 3.63) is 96.6 Å². The highest BCUT2D eigenvalue weighted by Crippen LogP contribution is 2.27. The Morgan fingerprint density at radius 1 is 1.06 bits per heavy atom. The number of nitrogens with zero attached hydrogens (tertiary/aromatic N) is 4. The fourth-order valence-corrected chi connectivity index (χ4v) is 4.40. The Labute approximate surface area is 198 Å². The summed E-state index contributed by atoms with van der Waals surface area (Å²) in [6, 6.07) is 23.5. The maximum atomic E-state index is 13.3. The minimum absolute atomic E-state index is 0.0231. The SMILES string of the molecule is CN(Cc1cn(-c2ccccc2)nc1-c1ccccc1)C(=O)C1CC(=O)N(Cc2ccco2)C1. The molecule has 172 valence electrons. The van der Waals surface area contributed by atoms with Crippen LogP contribution in [0.2, 0.25) is 0 Å². The molecule has 1 saturated heterocycles. The van der Waals surface area contributed by atoms with E-state index in [0.717, 1.165) is 28.3 Å². The van der Waals surface area contributed by atoms with Gasteiger partial charge in [-0.05, 0) is 24.3 Å². The van der Waals surface area contributed by atoms with Gasteiger partial charge in [-0.3, -0.25) is 9.59 Å². The lowest BCUT2D eigenvalue weighted by Crippen LogP contribution is -2.34. The van der Waals surface area contributed by atoms with E-state index in [1.165, 1.54) is 0 Å². The highest BCUT2D eigenvalue weighted by Gasteiger charge is 2.36. The molecule has 5 rings (SSSR count). The fourth-order valence-electron chi connectivity index (χ4n) is 4.40. The zero-order valence-corrected chi connectivity index (χ0v) is 19.0. The Kier molecular flexibility index (Phi) is 5.99. The summed E-state index contributed by atoms with van der Waals surface area (Å²) in [5.74, 6) is 0.291. The molecule has 0 spiro atoms. The number of para-hydroxylation sites is 1. The molecule has 0 bridgehead atoms. The van der Waals surface area contributed by atoms with Gasteiger partial charge < -0.3 is 14.2 Å². The molecule has 1 unspecified atom stereocenters. The first-order valence-corrected chi connectivity index (χ1v) is 11.3. The third-order valence-corrected chi connectivity index (χ3v) is 6.13. The van der Waals surface area contributed by atoms with Crippen molar-refractivity contribution in [3.8, 4) is 16.9 Å². The van der Waals surface area contributed by atoms with Crippen molar-refractivity contribution in [2.75, 3.05) is 13.6 Å². The van der Waals surface area contributed by atoms with E-state index >= 15 is 0 Å². The van der Waals surface area contributed by atoms with Gasteiger partial charge in [0.15, 0.2) is 0 Å². The second-order valence-electron chi connectivity index (χ2n) is 8.60. The number of carbonyl (C=O) groups excluding carboxylic acids is 2. The topological polar surface area (TPSA) is 71.6 Å². The van der Waals surface area contributed by atoms with Crippen LogP contribution in [0.5, 0.6) is 0 Å². The van der Waals surface area contributed by atoms with Crippen LogP contribution in [-0.4, -0.2) is 45.0 Å². The van der Waals surface area contributed by atoms with Crippen LogP contribution in [0.25, 0.3) is 16.9 Å². The van der Waals surface area contributed by atoms with Gasteiger partial charge in [0.25, 0.3) is 0 Å². The predicted molar refractivity (Wildman–Crippen MR) is 128 cm³/mol. The molecular formula is C27H26N4O3. The van der Waals surface area contributed by atoms with Crippen molar-refractivity contribution < 1.29 is 14.0 Å². The Morgan fingerprint density at radius 3 is 2.50 bits per heavy atom. The number of benzene rings is 2. The molecule has 1 aliphatic heterocycles. The third-order valence-electron chi connectivity index (χ3n) is 6.13. The van der Waals surface area contributed by atoms with E-state index in [2.05, 4.69) is 0 Å². The molecule has 3 heterocycles. The van der Waals surface area contributed by atoms with Gasteiger partial charge in [-0.1, -0.05) is 48.5 Å². The van der Waals surface area contributed by atoms with Crippen LogP contribution in [0.3, 0.4) is 0 Å². The summed E-state index contributed by atoms with van der Waals surface area (Å²) >= 11 is 0. The second kappa shape index (κ2) is 9.39. The minimum atomic E-state index is -0.364. The first-order valence-electron chi connectivity index (χ1n) is 11.3. The van der Waals surface area contributed by atoms with E-state index in [1.54, 1.807) is 29.2 Å². The summed E-state index contributed by atoms with van der Waals surface area (Å²) in [6.45, 7) is 1.19. The zero-order chi connectivity index (χ0) is 23.5. The summed E-state index contributed by atoms with van der Waals surface area (Å²) in [7, 11) is 1.79. The van der Waals surface area contributed by atoms with Gasteiger partial charge in [0, 0.05) is 43.9 Å². The Morgan fingerprint density at radius 2 is 1.79 bits per heavy atom. The Bertz CT molecular complexity index is 1270. The first kappa shape index (κ1) is 21.7. The maximum absolute atomic E-state index is 13.3. The van der Waals surface area contributed by atoms with Crippen molar-refractivity contribution in [1.29, 1.82) is 0 Å². The van der Waals surface area contributed by atoms with Crippen molar-refractivity contribution in [3.63, 3.8) is 0 Å². The number of rotatable bonds is 7. The monoisotopic (exact) mass is 454 g/mol. The molecule has 7 heteroatoms.